The molecule has 0 radical (unpaired) electrons. The lowest BCUT2D eigenvalue weighted by Crippen LogP contribution is -2.65. The molecule has 17 N–H and O–H groups in total. The molecule has 0 spiro atoms. The van der Waals surface area contributed by atoms with Gasteiger partial charge in [0.15, 0.2) is 25.2 Å². The van der Waals surface area contributed by atoms with Crippen LogP contribution >= 0.6 is 9.24 Å². The fourth-order valence-corrected chi connectivity index (χ4v) is 14.3. The number of aliphatic hydroxyl groups excluding tert-OH is 17. The van der Waals surface area contributed by atoms with Gasteiger partial charge < -0.3 is 129 Å². The van der Waals surface area contributed by atoms with E-state index in [0.29, 0.717) is 50.5 Å². The van der Waals surface area contributed by atoms with Crippen LogP contribution in [-0.2, 0) is 47.4 Å². The highest BCUT2D eigenvalue weighted by Gasteiger charge is 2.62. The molecule has 78 heavy (non-hydrogen) atoms. The number of fused-ring (bicyclic) bond motifs is 3. The third kappa shape index (κ3) is 11.7. The molecule has 4 aliphatic carbocycles. The van der Waals surface area contributed by atoms with Crippen molar-refractivity contribution < 1.29 is 134 Å². The van der Waals surface area contributed by atoms with Crippen LogP contribution in [0.1, 0.15) is 71.6 Å². The molecule has 32 atom stereocenters. The van der Waals surface area contributed by atoms with Gasteiger partial charge in [0.05, 0.1) is 37.9 Å². The predicted octanol–water partition coefficient (Wildman–Crippen LogP) is -6.57. The van der Waals surface area contributed by atoms with Crippen molar-refractivity contribution in [1.82, 2.24) is 0 Å². The molecule has 450 valence electrons. The average Bonchev–Trinajstić information content (AvgIpc) is 3.76. The van der Waals surface area contributed by atoms with Crippen molar-refractivity contribution in [2.75, 3.05) is 33.0 Å². The van der Waals surface area contributed by atoms with Crippen molar-refractivity contribution in [3.8, 4) is 0 Å². The Kier molecular flexibility index (Phi) is 20.1. The van der Waals surface area contributed by atoms with E-state index in [1.807, 2.05) is 6.92 Å². The van der Waals surface area contributed by atoms with Crippen LogP contribution in [0, 0.1) is 34.5 Å². The van der Waals surface area contributed by atoms with E-state index in [4.69, 9.17) is 42.6 Å². The molecule has 8 aliphatic rings. The lowest BCUT2D eigenvalue weighted by molar-refractivity contribution is -0.377. The second-order valence-corrected chi connectivity index (χ2v) is 24.3. The van der Waals surface area contributed by atoms with E-state index in [1.165, 1.54) is 0 Å². The highest BCUT2D eigenvalue weighted by atomic mass is 31.0. The minimum Gasteiger partial charge on any atom is -0.459 e. The zero-order valence-electron chi connectivity index (χ0n) is 43.5. The number of aliphatic hydroxyl groups is 17. The molecule has 4 saturated heterocycles. The Balaban J connectivity index is 1.01. The van der Waals surface area contributed by atoms with Crippen LogP contribution in [0.15, 0.2) is 12.2 Å². The van der Waals surface area contributed by atoms with Crippen molar-refractivity contribution >= 4 is 15.2 Å². The van der Waals surface area contributed by atoms with E-state index >= 15 is 0 Å². The first-order valence-corrected chi connectivity index (χ1v) is 27.5. The maximum atomic E-state index is 14.9. The van der Waals surface area contributed by atoms with Gasteiger partial charge in [0.25, 0.3) is 0 Å². The van der Waals surface area contributed by atoms with Gasteiger partial charge in [0.2, 0.25) is 0 Å². The van der Waals surface area contributed by atoms with Gasteiger partial charge in [-0.1, -0.05) is 29.2 Å². The van der Waals surface area contributed by atoms with E-state index in [2.05, 4.69) is 22.7 Å². The summed E-state index contributed by atoms with van der Waals surface area (Å²) in [6.45, 7) is 4.85. The van der Waals surface area contributed by atoms with E-state index in [0.717, 1.165) is 0 Å². The van der Waals surface area contributed by atoms with Crippen LogP contribution < -0.4 is 0 Å². The van der Waals surface area contributed by atoms with Crippen molar-refractivity contribution in [3.05, 3.63) is 12.2 Å². The summed E-state index contributed by atoms with van der Waals surface area (Å²) in [5.74, 6) is -1.94. The molecule has 4 saturated carbocycles. The molecule has 4 aliphatic heterocycles. The number of carbonyl (C=O) groups is 1. The van der Waals surface area contributed by atoms with Crippen LogP contribution in [-0.4, -0.2) is 278 Å². The fourth-order valence-electron chi connectivity index (χ4n) is 13.9. The first-order chi connectivity index (χ1) is 36.8. The van der Waals surface area contributed by atoms with Gasteiger partial charge in [-0.2, -0.15) is 0 Å². The molecule has 27 nitrogen and oxygen atoms in total. The minimum atomic E-state index is -1.95. The minimum absolute atomic E-state index is 0.000268. The standard InChI is InChI=1S/C50H83O27P/c1-18-11-19-5-6-27-48(2,8-4-9-49(27,3)47(68)74-22-12-20(13-51)28(55)36(63)41(22)75-44-39(66)34(61)30(57)24(15-53)71-44)21(19)7-10-50(18,78)77-46-42(76-45-40(67)35(62)31(58)25(16-54)72-45)37(64)32(59)26(73-46)17-69-43-38(65)33(60)29(56)23(14-52)70-43/h19-46,51-67H,1,4-17,78H2,2-3H3/t19?,20?,21-,22?,23?,24?,25?,26?,27?,28?,29?,30?,31?,32?,33?,34?,35?,36?,37?,38?,39?,40?,41?,42?,43?,44?,45?,46?,48+,49-,50?/m1/s1. The third-order valence-electron chi connectivity index (χ3n) is 18.7. The Morgan fingerprint density at radius 2 is 1.08 bits per heavy atom. The summed E-state index contributed by atoms with van der Waals surface area (Å²) in [5, 5.41) is 179. The van der Waals surface area contributed by atoms with Crippen LogP contribution in [0.2, 0.25) is 0 Å². The molecule has 29 unspecified atom stereocenters. The summed E-state index contributed by atoms with van der Waals surface area (Å²) in [7, 11) is 2.67. The first kappa shape index (κ1) is 62.7. The molecule has 0 aromatic heterocycles. The maximum absolute atomic E-state index is 14.9. The van der Waals surface area contributed by atoms with Gasteiger partial charge in [0.1, 0.15) is 121 Å². The monoisotopic (exact) mass is 1150 g/mol. The normalized spacial score (nSPS) is 53.2. The number of esters is 1. The van der Waals surface area contributed by atoms with Crippen molar-refractivity contribution in [3.63, 3.8) is 0 Å². The Bertz CT molecular complexity index is 2010. The molecule has 28 heteroatoms. The fraction of sp³-hybridized carbons (Fsp3) is 0.940. The summed E-state index contributed by atoms with van der Waals surface area (Å²) < 4.78 is 53.7. The van der Waals surface area contributed by atoms with Crippen LogP contribution in [0.4, 0.5) is 0 Å². The smallest absolute Gasteiger partial charge is 0.312 e. The van der Waals surface area contributed by atoms with Crippen LogP contribution in [0.25, 0.3) is 0 Å². The van der Waals surface area contributed by atoms with Crippen molar-refractivity contribution in [2.24, 2.45) is 34.5 Å². The summed E-state index contributed by atoms with van der Waals surface area (Å²) >= 11 is 0. The quantitative estimate of drug-likeness (QED) is 0.0412. The van der Waals surface area contributed by atoms with Gasteiger partial charge in [-0.05, 0) is 87.0 Å². The van der Waals surface area contributed by atoms with Crippen LogP contribution in [0.3, 0.4) is 0 Å². The van der Waals surface area contributed by atoms with Gasteiger partial charge in [-0.15, -0.1) is 0 Å². The van der Waals surface area contributed by atoms with E-state index in [9.17, 15) is 91.6 Å². The highest BCUT2D eigenvalue weighted by Crippen LogP contribution is 2.65. The van der Waals surface area contributed by atoms with Gasteiger partial charge in [-0.3, -0.25) is 4.79 Å². The van der Waals surface area contributed by atoms with Crippen LogP contribution in [0.5, 0.6) is 0 Å². The first-order valence-electron chi connectivity index (χ1n) is 27.0. The lowest BCUT2D eigenvalue weighted by atomic mass is 9.45. The highest BCUT2D eigenvalue weighted by molar-refractivity contribution is 7.19. The Labute approximate surface area is 452 Å². The predicted molar refractivity (Wildman–Crippen MR) is 261 cm³/mol. The van der Waals surface area contributed by atoms with Gasteiger partial charge in [-0.25, -0.2) is 0 Å². The SMILES string of the molecule is C=C1CC2CCC3[C@](C)(C(=O)OC4CC(CO)C(O)C(O)C4OC4OC(CO)C(O)C(O)C4O)CCC[C@@]3(C)[C@@H]2CCC1(P)OC1OC(COC2OC(CO)C(O)C(O)C2O)C(O)C(O)C1OC1OC(CO)C(O)C(O)C1O. The van der Waals surface area contributed by atoms with Crippen molar-refractivity contribution in [2.45, 2.75) is 224 Å². The average molecular weight is 1150 g/mol. The molecule has 0 aromatic rings. The summed E-state index contributed by atoms with van der Waals surface area (Å²) in [6.07, 6.45) is -36.8. The molecular weight excluding hydrogens is 1060 g/mol. The van der Waals surface area contributed by atoms with E-state index in [1.54, 1.807) is 0 Å². The van der Waals surface area contributed by atoms with E-state index < -0.39 is 208 Å². The third-order valence-corrected chi connectivity index (χ3v) is 19.5. The lowest BCUT2D eigenvalue weighted by Gasteiger charge is -2.59. The Hall–Kier alpha value is -1.36. The zero-order valence-corrected chi connectivity index (χ0v) is 44.7. The van der Waals surface area contributed by atoms with Gasteiger partial charge >= 0.3 is 5.97 Å². The van der Waals surface area contributed by atoms with Gasteiger partial charge in [0, 0.05) is 12.5 Å². The molecule has 8 fully saturated rings. The number of ether oxygens (including phenoxy) is 9. The molecule has 0 amide bonds. The van der Waals surface area contributed by atoms with E-state index in [-0.39, 0.29) is 30.6 Å². The summed E-state index contributed by atoms with van der Waals surface area (Å²) in [6, 6.07) is 0. The second-order valence-electron chi connectivity index (χ2n) is 23.4. The molecular formula is C50H83O27P. The summed E-state index contributed by atoms with van der Waals surface area (Å²) in [5.41, 5.74) is -1.07. The zero-order chi connectivity index (χ0) is 57.1. The molecule has 8 rings (SSSR count). The number of carbonyl (C=O) groups excluding carboxylic acids is 1. The number of hydrogen-bond acceptors (Lipinski definition) is 27. The van der Waals surface area contributed by atoms with Crippen molar-refractivity contribution in [1.29, 1.82) is 0 Å². The molecule has 0 aromatic carbocycles. The molecule has 0 bridgehead atoms. The Morgan fingerprint density at radius 1 is 0.577 bits per heavy atom. The Morgan fingerprint density at radius 3 is 1.63 bits per heavy atom. The number of hydrogen-bond donors (Lipinski definition) is 17. The largest absolute Gasteiger partial charge is 0.459 e. The second kappa shape index (κ2) is 25.1. The topological polar surface area (TPSA) is 444 Å². The maximum Gasteiger partial charge on any atom is 0.312 e. The summed E-state index contributed by atoms with van der Waals surface area (Å²) in [4.78, 5) is 14.9. The molecule has 4 heterocycles. The number of rotatable bonds is 15.